The molecule has 2 atom stereocenters. The van der Waals surface area contributed by atoms with Crippen LogP contribution in [0.5, 0.6) is 0 Å². The molecule has 0 radical (unpaired) electrons. The summed E-state index contributed by atoms with van der Waals surface area (Å²) < 4.78 is 1.01. The number of hydrogen-bond acceptors (Lipinski definition) is 1. The third-order valence-corrected chi connectivity index (χ3v) is 4.01. The van der Waals surface area contributed by atoms with Gasteiger partial charge in [-0.05, 0) is 48.3 Å². The molecule has 0 heterocycles. The molecule has 1 aromatic rings. The van der Waals surface area contributed by atoms with Crippen LogP contribution in [0.1, 0.15) is 46.1 Å². The lowest BCUT2D eigenvalue weighted by Crippen LogP contribution is -2.27. The topological polar surface area (TPSA) is 26.0 Å². The first kappa shape index (κ1) is 17.0. The van der Waals surface area contributed by atoms with Crippen molar-refractivity contribution in [2.75, 3.05) is 0 Å². The molecule has 108 valence electrons. The van der Waals surface area contributed by atoms with Gasteiger partial charge in [0.15, 0.2) is 0 Å². The predicted octanol–water partition coefficient (Wildman–Crippen LogP) is 5.43. The fourth-order valence-corrected chi connectivity index (χ4v) is 3.45. The van der Waals surface area contributed by atoms with E-state index in [1.165, 1.54) is 6.42 Å². The van der Waals surface area contributed by atoms with Gasteiger partial charge < -0.3 is 5.73 Å². The van der Waals surface area contributed by atoms with Gasteiger partial charge in [-0.3, -0.25) is 0 Å². The van der Waals surface area contributed by atoms with Crippen LogP contribution in [-0.2, 0) is 6.42 Å². The fourth-order valence-electron chi connectivity index (χ4n) is 2.70. The lowest BCUT2D eigenvalue weighted by atomic mass is 9.82. The highest BCUT2D eigenvalue weighted by Gasteiger charge is 2.18. The predicted molar refractivity (Wildman–Crippen MR) is 88.7 cm³/mol. The second-order valence-electron chi connectivity index (χ2n) is 6.81. The smallest absolute Gasteiger partial charge is 0.0449 e. The number of nitrogens with two attached hydrogens (primary N) is 1. The van der Waals surface area contributed by atoms with Crippen molar-refractivity contribution in [3.63, 3.8) is 0 Å². The minimum atomic E-state index is 0.177. The van der Waals surface area contributed by atoms with Crippen LogP contribution in [0, 0.1) is 11.3 Å². The zero-order valence-electron chi connectivity index (χ0n) is 12.3. The Bertz CT molecular complexity index is 412. The summed E-state index contributed by atoms with van der Waals surface area (Å²) in [6.07, 6.45) is 3.10. The van der Waals surface area contributed by atoms with Crippen molar-refractivity contribution in [3.05, 3.63) is 33.3 Å². The largest absolute Gasteiger partial charge is 0.327 e. The fraction of sp³-hybridized carbons (Fsp3) is 0.625. The second kappa shape index (κ2) is 7.10. The van der Waals surface area contributed by atoms with E-state index in [2.05, 4.69) is 49.7 Å². The summed E-state index contributed by atoms with van der Waals surface area (Å²) in [6.45, 7) is 9.12. The molecule has 0 aliphatic heterocycles. The summed E-state index contributed by atoms with van der Waals surface area (Å²) in [6, 6.07) is 6.19. The van der Waals surface area contributed by atoms with Gasteiger partial charge in [0.25, 0.3) is 0 Å². The molecule has 0 aliphatic carbocycles. The van der Waals surface area contributed by atoms with Crippen LogP contribution in [0.25, 0.3) is 0 Å². The molecule has 0 saturated carbocycles. The molecule has 0 aromatic heterocycles. The highest BCUT2D eigenvalue weighted by atomic mass is 79.9. The number of hydrogen-bond donors (Lipinski definition) is 1. The first-order valence-corrected chi connectivity index (χ1v) is 8.04. The average Bonchev–Trinajstić information content (AvgIpc) is 2.19. The van der Waals surface area contributed by atoms with Gasteiger partial charge in [-0.1, -0.05) is 61.3 Å². The first-order chi connectivity index (χ1) is 8.67. The van der Waals surface area contributed by atoms with Crippen molar-refractivity contribution in [3.8, 4) is 0 Å². The lowest BCUT2D eigenvalue weighted by Gasteiger charge is -2.25. The number of halogens is 2. The van der Waals surface area contributed by atoms with Crippen LogP contribution in [0.15, 0.2) is 22.7 Å². The monoisotopic (exact) mass is 345 g/mol. The summed E-state index contributed by atoms with van der Waals surface area (Å²) in [5, 5.41) is 0.799. The second-order valence-corrected chi connectivity index (χ2v) is 8.13. The lowest BCUT2D eigenvalue weighted by molar-refractivity contribution is 0.285. The van der Waals surface area contributed by atoms with E-state index < -0.39 is 0 Å². The van der Waals surface area contributed by atoms with Gasteiger partial charge in [0.2, 0.25) is 0 Å². The minimum Gasteiger partial charge on any atom is -0.327 e. The molecule has 3 heteroatoms. The minimum absolute atomic E-state index is 0.177. The summed E-state index contributed by atoms with van der Waals surface area (Å²) in [5.74, 6) is 0.643. The van der Waals surface area contributed by atoms with E-state index in [4.69, 9.17) is 17.3 Å². The van der Waals surface area contributed by atoms with Crippen LogP contribution < -0.4 is 5.73 Å². The summed E-state index contributed by atoms with van der Waals surface area (Å²) >= 11 is 9.65. The van der Waals surface area contributed by atoms with E-state index in [9.17, 15) is 0 Å². The zero-order chi connectivity index (χ0) is 14.6. The SMILES string of the molecule is CC(CC(N)Cc1ccc(Br)cc1Cl)CC(C)(C)C. The van der Waals surface area contributed by atoms with Gasteiger partial charge in [0.05, 0.1) is 0 Å². The Labute approximate surface area is 131 Å². The molecule has 2 N–H and O–H groups in total. The van der Waals surface area contributed by atoms with Crippen LogP contribution in [0.3, 0.4) is 0 Å². The van der Waals surface area contributed by atoms with E-state index in [1.807, 2.05) is 12.1 Å². The van der Waals surface area contributed by atoms with Crippen LogP contribution in [-0.4, -0.2) is 6.04 Å². The Morgan fingerprint density at radius 1 is 1.32 bits per heavy atom. The molecule has 0 saturated heterocycles. The van der Waals surface area contributed by atoms with Gasteiger partial charge >= 0.3 is 0 Å². The summed E-state index contributed by atoms with van der Waals surface area (Å²) in [7, 11) is 0. The van der Waals surface area contributed by atoms with Crippen molar-refractivity contribution in [1.82, 2.24) is 0 Å². The third kappa shape index (κ3) is 6.78. The maximum Gasteiger partial charge on any atom is 0.0449 e. The molecule has 0 bridgehead atoms. The molecular formula is C16H25BrClN. The number of rotatable bonds is 5. The van der Waals surface area contributed by atoms with E-state index in [1.54, 1.807) is 0 Å². The molecule has 1 nitrogen and oxygen atoms in total. The Morgan fingerprint density at radius 3 is 2.47 bits per heavy atom. The maximum absolute atomic E-state index is 6.26. The molecule has 1 aromatic carbocycles. The molecule has 19 heavy (non-hydrogen) atoms. The third-order valence-electron chi connectivity index (χ3n) is 3.16. The van der Waals surface area contributed by atoms with Crippen LogP contribution in [0.4, 0.5) is 0 Å². The van der Waals surface area contributed by atoms with Crippen LogP contribution >= 0.6 is 27.5 Å². The van der Waals surface area contributed by atoms with Gasteiger partial charge in [0.1, 0.15) is 0 Å². The molecule has 1 rings (SSSR count). The molecule has 0 amide bonds. The Morgan fingerprint density at radius 2 is 1.95 bits per heavy atom. The Hall–Kier alpha value is -0.0500. The van der Waals surface area contributed by atoms with E-state index in [-0.39, 0.29) is 6.04 Å². The highest BCUT2D eigenvalue weighted by molar-refractivity contribution is 9.10. The summed E-state index contributed by atoms with van der Waals surface area (Å²) in [4.78, 5) is 0. The Kier molecular flexibility index (Phi) is 6.35. The molecule has 0 aliphatic rings. The van der Waals surface area contributed by atoms with Gasteiger partial charge in [0, 0.05) is 15.5 Å². The average molecular weight is 347 g/mol. The van der Waals surface area contributed by atoms with Crippen molar-refractivity contribution in [1.29, 1.82) is 0 Å². The van der Waals surface area contributed by atoms with Crippen molar-refractivity contribution in [2.24, 2.45) is 17.1 Å². The van der Waals surface area contributed by atoms with Crippen LogP contribution in [0.2, 0.25) is 5.02 Å². The quantitative estimate of drug-likeness (QED) is 0.755. The maximum atomic E-state index is 6.26. The Balaban J connectivity index is 2.53. The standard InChI is InChI=1S/C16H25BrClN/c1-11(10-16(2,3)4)7-14(19)8-12-5-6-13(17)9-15(12)18/h5-6,9,11,14H,7-8,10,19H2,1-4H3. The van der Waals surface area contributed by atoms with E-state index in [0.29, 0.717) is 11.3 Å². The van der Waals surface area contributed by atoms with Gasteiger partial charge in [-0.25, -0.2) is 0 Å². The normalized spacial score (nSPS) is 15.3. The molecular weight excluding hydrogens is 322 g/mol. The van der Waals surface area contributed by atoms with Gasteiger partial charge in [-0.15, -0.1) is 0 Å². The molecule has 0 spiro atoms. The molecule has 2 unspecified atom stereocenters. The van der Waals surface area contributed by atoms with Crippen molar-refractivity contribution >= 4 is 27.5 Å². The first-order valence-electron chi connectivity index (χ1n) is 6.87. The number of benzene rings is 1. The van der Waals surface area contributed by atoms with E-state index >= 15 is 0 Å². The van der Waals surface area contributed by atoms with Crippen molar-refractivity contribution in [2.45, 2.75) is 53.0 Å². The van der Waals surface area contributed by atoms with Crippen molar-refractivity contribution < 1.29 is 0 Å². The van der Waals surface area contributed by atoms with E-state index in [0.717, 1.165) is 27.9 Å². The zero-order valence-corrected chi connectivity index (χ0v) is 14.7. The van der Waals surface area contributed by atoms with Gasteiger partial charge in [-0.2, -0.15) is 0 Å². The highest BCUT2D eigenvalue weighted by Crippen LogP contribution is 2.28. The summed E-state index contributed by atoms with van der Waals surface area (Å²) in [5.41, 5.74) is 7.77. The molecule has 0 fully saturated rings.